The summed E-state index contributed by atoms with van der Waals surface area (Å²) in [6, 6.07) is 1.92. The molecule has 0 unspecified atom stereocenters. The number of nitrogens with two attached hydrogens (primary N) is 1. The van der Waals surface area contributed by atoms with Gasteiger partial charge in [0.25, 0.3) is 0 Å². The van der Waals surface area contributed by atoms with Gasteiger partial charge in [0.1, 0.15) is 6.54 Å². The van der Waals surface area contributed by atoms with Crippen molar-refractivity contribution < 1.29 is 4.79 Å². The zero-order valence-corrected chi connectivity index (χ0v) is 7.47. The van der Waals surface area contributed by atoms with Gasteiger partial charge in [-0.3, -0.25) is 4.79 Å². The number of nitrogens with zero attached hydrogens (tertiary/aromatic N) is 4. The standard InChI is InChI=1S/C7H10N6O/c8-2-1-3-10-7(14)5-13-11-4-6(9)12-13/h4H,1,3,5H2,(H2,9,12)(H,10,14). The summed E-state index contributed by atoms with van der Waals surface area (Å²) in [6.07, 6.45) is 1.66. The molecule has 7 heteroatoms. The van der Waals surface area contributed by atoms with Gasteiger partial charge in [-0.15, -0.1) is 5.10 Å². The van der Waals surface area contributed by atoms with Crippen LogP contribution >= 0.6 is 0 Å². The van der Waals surface area contributed by atoms with Gasteiger partial charge in [0.05, 0.1) is 18.7 Å². The number of aromatic nitrogens is 3. The number of carbonyl (C=O) groups excluding carboxylic acids is 1. The van der Waals surface area contributed by atoms with E-state index >= 15 is 0 Å². The lowest BCUT2D eigenvalue weighted by Crippen LogP contribution is -2.29. The monoisotopic (exact) mass is 194 g/mol. The van der Waals surface area contributed by atoms with Gasteiger partial charge in [0.15, 0.2) is 5.82 Å². The molecule has 0 aromatic carbocycles. The van der Waals surface area contributed by atoms with Crippen molar-refractivity contribution in [3.63, 3.8) is 0 Å². The second-order valence-electron chi connectivity index (χ2n) is 2.56. The van der Waals surface area contributed by atoms with Crippen LogP contribution in [-0.4, -0.2) is 27.4 Å². The summed E-state index contributed by atoms with van der Waals surface area (Å²) in [7, 11) is 0. The van der Waals surface area contributed by atoms with E-state index in [2.05, 4.69) is 15.5 Å². The molecule has 1 heterocycles. The minimum Gasteiger partial charge on any atom is -0.381 e. The molecule has 3 N–H and O–H groups in total. The van der Waals surface area contributed by atoms with E-state index in [1.165, 1.54) is 11.0 Å². The van der Waals surface area contributed by atoms with Crippen LogP contribution in [0.25, 0.3) is 0 Å². The Morgan fingerprint density at radius 1 is 1.79 bits per heavy atom. The van der Waals surface area contributed by atoms with Crippen LogP contribution in [-0.2, 0) is 11.3 Å². The fourth-order valence-corrected chi connectivity index (χ4v) is 0.829. The molecule has 1 aromatic heterocycles. The van der Waals surface area contributed by atoms with Gasteiger partial charge >= 0.3 is 0 Å². The van der Waals surface area contributed by atoms with Crippen molar-refractivity contribution in [2.45, 2.75) is 13.0 Å². The smallest absolute Gasteiger partial charge is 0.243 e. The third kappa shape index (κ3) is 3.10. The number of anilines is 1. The predicted octanol–water partition coefficient (Wildman–Crippen LogP) is -1.11. The molecule has 0 saturated carbocycles. The molecule has 1 aromatic rings. The van der Waals surface area contributed by atoms with Crippen LogP contribution in [0.15, 0.2) is 6.20 Å². The molecule has 0 aliphatic rings. The van der Waals surface area contributed by atoms with Crippen molar-refractivity contribution in [1.29, 1.82) is 5.26 Å². The molecule has 0 bridgehead atoms. The normalized spacial score (nSPS) is 9.36. The number of hydrogen-bond acceptors (Lipinski definition) is 5. The lowest BCUT2D eigenvalue weighted by molar-refractivity contribution is -0.122. The molecule has 0 spiro atoms. The first-order valence-electron chi connectivity index (χ1n) is 4.01. The van der Waals surface area contributed by atoms with E-state index in [1.807, 2.05) is 6.07 Å². The van der Waals surface area contributed by atoms with E-state index in [9.17, 15) is 4.79 Å². The van der Waals surface area contributed by atoms with Gasteiger partial charge < -0.3 is 11.1 Å². The van der Waals surface area contributed by atoms with E-state index in [-0.39, 0.29) is 18.3 Å². The van der Waals surface area contributed by atoms with Crippen LogP contribution in [0.3, 0.4) is 0 Å². The molecule has 0 atom stereocenters. The maximum absolute atomic E-state index is 11.1. The Bertz CT molecular complexity index is 351. The van der Waals surface area contributed by atoms with Crippen molar-refractivity contribution in [1.82, 2.24) is 20.3 Å². The second-order valence-corrected chi connectivity index (χ2v) is 2.56. The zero-order valence-electron chi connectivity index (χ0n) is 7.47. The van der Waals surface area contributed by atoms with Gasteiger partial charge in [-0.1, -0.05) is 0 Å². The number of hydrogen-bond donors (Lipinski definition) is 2. The molecule has 14 heavy (non-hydrogen) atoms. The van der Waals surface area contributed by atoms with E-state index in [0.717, 1.165) is 0 Å². The second kappa shape index (κ2) is 4.81. The zero-order chi connectivity index (χ0) is 10.4. The van der Waals surface area contributed by atoms with Crippen molar-refractivity contribution in [2.75, 3.05) is 12.3 Å². The van der Waals surface area contributed by atoms with Crippen LogP contribution in [0.2, 0.25) is 0 Å². The maximum Gasteiger partial charge on any atom is 0.243 e. The highest BCUT2D eigenvalue weighted by molar-refractivity contribution is 5.75. The minimum atomic E-state index is -0.240. The number of rotatable bonds is 4. The molecule has 0 radical (unpaired) electrons. The molecular formula is C7H10N6O. The summed E-state index contributed by atoms with van der Waals surface area (Å²) in [5.74, 6) is 0.0330. The average molecular weight is 194 g/mol. The summed E-state index contributed by atoms with van der Waals surface area (Å²) < 4.78 is 0. The van der Waals surface area contributed by atoms with Crippen molar-refractivity contribution >= 4 is 11.7 Å². The summed E-state index contributed by atoms with van der Waals surface area (Å²) in [6.45, 7) is 0.356. The summed E-state index contributed by atoms with van der Waals surface area (Å²) in [5.41, 5.74) is 5.31. The van der Waals surface area contributed by atoms with Gasteiger partial charge in [-0.2, -0.15) is 15.2 Å². The number of carbonyl (C=O) groups is 1. The highest BCUT2D eigenvalue weighted by atomic mass is 16.2. The third-order valence-electron chi connectivity index (χ3n) is 1.40. The largest absolute Gasteiger partial charge is 0.381 e. The third-order valence-corrected chi connectivity index (χ3v) is 1.40. The number of nitrogen functional groups attached to an aromatic ring is 1. The van der Waals surface area contributed by atoms with E-state index in [1.54, 1.807) is 0 Å². The molecular weight excluding hydrogens is 184 g/mol. The van der Waals surface area contributed by atoms with Crippen LogP contribution in [0.1, 0.15) is 6.42 Å². The molecule has 7 nitrogen and oxygen atoms in total. The number of nitrogens with one attached hydrogen (secondary N) is 1. The maximum atomic E-state index is 11.1. The Kier molecular flexibility index (Phi) is 3.43. The first kappa shape index (κ1) is 9.98. The molecule has 0 saturated heterocycles. The Morgan fingerprint density at radius 2 is 2.57 bits per heavy atom. The fraction of sp³-hybridized carbons (Fsp3) is 0.429. The average Bonchev–Trinajstić information content (AvgIpc) is 2.52. The van der Waals surface area contributed by atoms with Crippen molar-refractivity contribution in [2.24, 2.45) is 0 Å². The summed E-state index contributed by atoms with van der Waals surface area (Å²) in [5, 5.41) is 18.2. The molecule has 0 aliphatic heterocycles. The van der Waals surface area contributed by atoms with Crippen LogP contribution < -0.4 is 11.1 Å². The molecule has 1 rings (SSSR count). The summed E-state index contributed by atoms with van der Waals surface area (Å²) >= 11 is 0. The van der Waals surface area contributed by atoms with E-state index in [0.29, 0.717) is 13.0 Å². The van der Waals surface area contributed by atoms with E-state index < -0.39 is 0 Å². The molecule has 74 valence electrons. The first-order chi connectivity index (χ1) is 6.72. The number of amides is 1. The van der Waals surface area contributed by atoms with Gasteiger partial charge in [0, 0.05) is 6.54 Å². The minimum absolute atomic E-state index is 0.0165. The highest BCUT2D eigenvalue weighted by Gasteiger charge is 2.03. The summed E-state index contributed by atoms with van der Waals surface area (Å²) in [4.78, 5) is 12.3. The Hall–Kier alpha value is -2.10. The highest BCUT2D eigenvalue weighted by Crippen LogP contribution is 1.89. The molecule has 1 amide bonds. The van der Waals surface area contributed by atoms with Gasteiger partial charge in [-0.05, 0) is 0 Å². The fourth-order valence-electron chi connectivity index (χ4n) is 0.829. The SMILES string of the molecule is N#CCCNC(=O)Cn1ncc(N)n1. The molecule has 0 aliphatic carbocycles. The Balaban J connectivity index is 2.31. The van der Waals surface area contributed by atoms with E-state index in [4.69, 9.17) is 11.0 Å². The van der Waals surface area contributed by atoms with Crippen molar-refractivity contribution in [3.05, 3.63) is 6.20 Å². The van der Waals surface area contributed by atoms with Crippen LogP contribution in [0.4, 0.5) is 5.82 Å². The Morgan fingerprint density at radius 3 is 3.14 bits per heavy atom. The topological polar surface area (TPSA) is 110 Å². The van der Waals surface area contributed by atoms with Crippen molar-refractivity contribution in [3.8, 4) is 6.07 Å². The first-order valence-corrected chi connectivity index (χ1v) is 4.01. The van der Waals surface area contributed by atoms with Gasteiger partial charge in [0.2, 0.25) is 5.91 Å². The van der Waals surface area contributed by atoms with Crippen LogP contribution in [0.5, 0.6) is 0 Å². The predicted molar refractivity (Wildman–Crippen MR) is 47.7 cm³/mol. The Labute approximate surface area is 80.5 Å². The number of nitriles is 1. The lowest BCUT2D eigenvalue weighted by Gasteiger charge is -2.00. The molecule has 0 fully saturated rings. The van der Waals surface area contributed by atoms with Crippen LogP contribution in [0, 0.1) is 11.3 Å². The van der Waals surface area contributed by atoms with Gasteiger partial charge in [-0.25, -0.2) is 0 Å². The quantitative estimate of drug-likeness (QED) is 0.590. The lowest BCUT2D eigenvalue weighted by atomic mass is 10.4.